The summed E-state index contributed by atoms with van der Waals surface area (Å²) in [6.07, 6.45) is 0. The van der Waals surface area contributed by atoms with Crippen molar-refractivity contribution < 1.29 is 27.8 Å². The van der Waals surface area contributed by atoms with Crippen LogP contribution in [0.3, 0.4) is 0 Å². The van der Waals surface area contributed by atoms with Gasteiger partial charge in [-0.15, -0.1) is 0 Å². The number of rotatable bonds is 7. The highest BCUT2D eigenvalue weighted by atomic mass is 32.2. The Morgan fingerprint density at radius 2 is 1.79 bits per heavy atom. The summed E-state index contributed by atoms with van der Waals surface area (Å²) >= 11 is 0. The van der Waals surface area contributed by atoms with Crippen LogP contribution in [0.4, 0.5) is 0 Å². The molecule has 2 rings (SSSR count). The molecule has 2 aromatic rings. The maximum Gasteiger partial charge on any atom is 0.341 e. The van der Waals surface area contributed by atoms with Crippen molar-refractivity contribution in [2.75, 3.05) is 19.5 Å². The Bertz CT molecular complexity index is 825. The minimum absolute atomic E-state index is 0.0263. The lowest BCUT2D eigenvalue weighted by Gasteiger charge is -2.12. The molecule has 0 saturated heterocycles. The van der Waals surface area contributed by atoms with Gasteiger partial charge in [0.15, 0.2) is 16.4 Å². The molecule has 7 heteroatoms. The molecule has 0 aromatic heterocycles. The van der Waals surface area contributed by atoms with Gasteiger partial charge < -0.3 is 14.6 Å². The summed E-state index contributed by atoms with van der Waals surface area (Å²) in [4.78, 5) is 11.0. The molecule has 0 bridgehead atoms. The number of carboxylic acid groups (broad SMARTS) is 1. The molecule has 0 aliphatic rings. The van der Waals surface area contributed by atoms with E-state index < -0.39 is 22.4 Å². The SMILES string of the molecule is CCS(=O)(=O)c1ccc(-c2cc(OC)ccc2OCC(=O)O)cc1. The Morgan fingerprint density at radius 3 is 2.33 bits per heavy atom. The molecule has 1 N–H and O–H groups in total. The summed E-state index contributed by atoms with van der Waals surface area (Å²) in [7, 11) is -1.75. The monoisotopic (exact) mass is 350 g/mol. The van der Waals surface area contributed by atoms with Gasteiger partial charge in [-0.2, -0.15) is 0 Å². The van der Waals surface area contributed by atoms with Gasteiger partial charge in [-0.25, -0.2) is 13.2 Å². The molecule has 0 atom stereocenters. The second-order valence-corrected chi connectivity index (χ2v) is 7.25. The minimum atomic E-state index is -3.28. The van der Waals surface area contributed by atoms with Gasteiger partial charge in [0, 0.05) is 5.56 Å². The van der Waals surface area contributed by atoms with Gasteiger partial charge in [-0.05, 0) is 35.9 Å². The molecule has 6 nitrogen and oxygen atoms in total. The average Bonchev–Trinajstić information content (AvgIpc) is 2.59. The first kappa shape index (κ1) is 17.8. The third-order valence-electron chi connectivity index (χ3n) is 3.44. The topological polar surface area (TPSA) is 89.9 Å². The van der Waals surface area contributed by atoms with Crippen molar-refractivity contribution in [1.29, 1.82) is 0 Å². The van der Waals surface area contributed by atoms with Crippen LogP contribution in [-0.2, 0) is 14.6 Å². The number of carbonyl (C=O) groups is 1. The van der Waals surface area contributed by atoms with Gasteiger partial charge in [0.2, 0.25) is 0 Å². The van der Waals surface area contributed by atoms with Crippen molar-refractivity contribution in [1.82, 2.24) is 0 Å². The fraction of sp³-hybridized carbons (Fsp3) is 0.235. The molecule has 128 valence electrons. The Hall–Kier alpha value is -2.54. The Kier molecular flexibility index (Phi) is 5.46. The molecule has 0 radical (unpaired) electrons. The standard InChI is InChI=1S/C17H18O6S/c1-3-24(20,21)14-7-4-12(5-8-14)15-10-13(22-2)6-9-16(15)23-11-17(18)19/h4-10H,3,11H2,1-2H3,(H,18,19). The minimum Gasteiger partial charge on any atom is -0.497 e. The Morgan fingerprint density at radius 1 is 1.12 bits per heavy atom. The van der Waals surface area contributed by atoms with E-state index in [1.54, 1.807) is 37.3 Å². The molecule has 0 aliphatic heterocycles. The zero-order chi connectivity index (χ0) is 17.7. The molecule has 0 amide bonds. The lowest BCUT2D eigenvalue weighted by Crippen LogP contribution is -2.10. The molecule has 0 aliphatic carbocycles. The number of methoxy groups -OCH3 is 1. The van der Waals surface area contributed by atoms with Crippen molar-refractivity contribution in [2.24, 2.45) is 0 Å². The van der Waals surface area contributed by atoms with E-state index in [1.807, 2.05) is 0 Å². The fourth-order valence-electron chi connectivity index (χ4n) is 2.14. The van der Waals surface area contributed by atoms with Crippen molar-refractivity contribution >= 4 is 15.8 Å². The smallest absolute Gasteiger partial charge is 0.341 e. The summed E-state index contributed by atoms with van der Waals surface area (Å²) < 4.78 is 34.2. The van der Waals surface area contributed by atoms with Crippen LogP contribution in [-0.4, -0.2) is 39.0 Å². The molecule has 0 fully saturated rings. The molecular formula is C17H18O6S. The van der Waals surface area contributed by atoms with Crippen LogP contribution in [0.25, 0.3) is 11.1 Å². The first-order valence-corrected chi connectivity index (χ1v) is 8.88. The second-order valence-electron chi connectivity index (χ2n) is 4.97. The van der Waals surface area contributed by atoms with Crippen LogP contribution in [0, 0.1) is 0 Å². The first-order chi connectivity index (χ1) is 11.4. The molecule has 0 spiro atoms. The van der Waals surface area contributed by atoms with E-state index in [-0.39, 0.29) is 10.6 Å². The highest BCUT2D eigenvalue weighted by Crippen LogP contribution is 2.34. The van der Waals surface area contributed by atoms with Gasteiger partial charge >= 0.3 is 5.97 Å². The van der Waals surface area contributed by atoms with E-state index in [2.05, 4.69) is 0 Å². The van der Waals surface area contributed by atoms with Crippen LogP contribution in [0.2, 0.25) is 0 Å². The predicted octanol–water partition coefficient (Wildman–Crippen LogP) is 2.62. The summed E-state index contributed by atoms with van der Waals surface area (Å²) in [5.74, 6) is -0.0956. The number of benzene rings is 2. The van der Waals surface area contributed by atoms with Crippen molar-refractivity contribution in [3.05, 3.63) is 42.5 Å². The van der Waals surface area contributed by atoms with Crippen molar-refractivity contribution in [3.8, 4) is 22.6 Å². The lowest BCUT2D eigenvalue weighted by molar-refractivity contribution is -0.139. The summed E-state index contributed by atoms with van der Waals surface area (Å²) in [5.41, 5.74) is 1.32. The van der Waals surface area contributed by atoms with Gasteiger partial charge in [-0.3, -0.25) is 0 Å². The van der Waals surface area contributed by atoms with Gasteiger partial charge in [0.05, 0.1) is 17.8 Å². The quantitative estimate of drug-likeness (QED) is 0.825. The van der Waals surface area contributed by atoms with Crippen molar-refractivity contribution in [3.63, 3.8) is 0 Å². The summed E-state index contributed by atoms with van der Waals surface area (Å²) in [5, 5.41) is 8.77. The highest BCUT2D eigenvalue weighted by Gasteiger charge is 2.14. The Labute approximate surface area is 140 Å². The largest absolute Gasteiger partial charge is 0.497 e. The average molecular weight is 350 g/mol. The highest BCUT2D eigenvalue weighted by molar-refractivity contribution is 7.91. The van der Waals surface area contributed by atoms with E-state index in [0.717, 1.165) is 0 Å². The zero-order valence-electron chi connectivity index (χ0n) is 13.4. The molecule has 0 saturated carbocycles. The number of carboxylic acids is 1. The van der Waals surface area contributed by atoms with Crippen LogP contribution in [0.15, 0.2) is 47.4 Å². The van der Waals surface area contributed by atoms with Crippen LogP contribution < -0.4 is 9.47 Å². The lowest BCUT2D eigenvalue weighted by atomic mass is 10.0. The van der Waals surface area contributed by atoms with Gasteiger partial charge in [0.1, 0.15) is 11.5 Å². The number of hydrogen-bond donors (Lipinski definition) is 1. The molecular weight excluding hydrogens is 332 g/mol. The molecule has 2 aromatic carbocycles. The zero-order valence-corrected chi connectivity index (χ0v) is 14.2. The van der Waals surface area contributed by atoms with E-state index >= 15 is 0 Å². The van der Waals surface area contributed by atoms with E-state index in [9.17, 15) is 13.2 Å². The third kappa shape index (κ3) is 4.05. The second kappa shape index (κ2) is 7.35. The number of aliphatic carboxylic acids is 1. The summed E-state index contributed by atoms with van der Waals surface area (Å²) in [6.45, 7) is 1.12. The number of sulfone groups is 1. The van der Waals surface area contributed by atoms with Crippen LogP contribution >= 0.6 is 0 Å². The molecule has 0 unspecified atom stereocenters. The van der Waals surface area contributed by atoms with Gasteiger partial charge in [-0.1, -0.05) is 19.1 Å². The maximum atomic E-state index is 11.9. The van der Waals surface area contributed by atoms with Crippen molar-refractivity contribution in [2.45, 2.75) is 11.8 Å². The number of ether oxygens (including phenoxy) is 2. The number of hydrogen-bond acceptors (Lipinski definition) is 5. The fourth-order valence-corrected chi connectivity index (χ4v) is 3.02. The normalized spacial score (nSPS) is 11.1. The van der Waals surface area contributed by atoms with Crippen LogP contribution in [0.5, 0.6) is 11.5 Å². The third-order valence-corrected chi connectivity index (χ3v) is 5.19. The summed E-state index contributed by atoms with van der Waals surface area (Å²) in [6, 6.07) is 11.4. The first-order valence-electron chi connectivity index (χ1n) is 7.23. The maximum absolute atomic E-state index is 11.9. The molecule has 24 heavy (non-hydrogen) atoms. The Balaban J connectivity index is 2.44. The predicted molar refractivity (Wildman–Crippen MR) is 89.3 cm³/mol. The van der Waals surface area contributed by atoms with E-state index in [4.69, 9.17) is 14.6 Å². The van der Waals surface area contributed by atoms with Gasteiger partial charge in [0.25, 0.3) is 0 Å². The van der Waals surface area contributed by atoms with Crippen LogP contribution in [0.1, 0.15) is 6.92 Å². The van der Waals surface area contributed by atoms with E-state index in [1.165, 1.54) is 19.2 Å². The molecule has 0 heterocycles. The van der Waals surface area contributed by atoms with E-state index in [0.29, 0.717) is 22.6 Å².